The zero-order valence-electron chi connectivity index (χ0n) is 42.8. The van der Waals surface area contributed by atoms with Gasteiger partial charge in [0.05, 0.1) is 34.4 Å². The maximum Gasteiger partial charge on any atom is 0.362 e. The number of esters is 2. The van der Waals surface area contributed by atoms with Crippen LogP contribution in [-0.4, -0.2) is 80.6 Å². The third kappa shape index (κ3) is 46.4. The second kappa shape index (κ2) is 47.9. The van der Waals surface area contributed by atoms with Crippen LogP contribution in [0.5, 0.6) is 0 Å². The lowest BCUT2D eigenvalue weighted by Crippen LogP contribution is -2.50. The first-order valence-electron chi connectivity index (χ1n) is 25.7. The quantitative estimate of drug-likeness (QED) is 0.0281. The molecule has 0 spiro atoms. The SMILES string of the molecule is CC/C=C/C/C=C/C/C=C/C/C=C/C/C=C/C/C=C/CCCC(=O)OCC(COCCC(C(=O)O)[N+](C)(C)C)OC(=O)CCCCCCCCC/C=C/C/C=C/C/C=C/C/C=C/C/C=C/CC. The van der Waals surface area contributed by atoms with Crippen LogP contribution < -0.4 is 0 Å². The number of carbonyl (C=O) groups is 3. The molecule has 0 aromatic carbocycles. The highest BCUT2D eigenvalue weighted by atomic mass is 16.6. The molecule has 0 saturated heterocycles. The van der Waals surface area contributed by atoms with Gasteiger partial charge in [0.15, 0.2) is 12.1 Å². The number of carbonyl (C=O) groups excluding carboxylic acids is 2. The lowest BCUT2D eigenvalue weighted by Gasteiger charge is -2.31. The number of hydrogen-bond acceptors (Lipinski definition) is 6. The van der Waals surface area contributed by atoms with E-state index >= 15 is 0 Å². The molecule has 0 heterocycles. The molecule has 376 valence electrons. The number of hydrogen-bond donors (Lipinski definition) is 1. The molecular formula is C59H94NO7+. The van der Waals surface area contributed by atoms with E-state index in [-0.39, 0.29) is 42.7 Å². The van der Waals surface area contributed by atoms with Crippen LogP contribution in [0.25, 0.3) is 0 Å². The summed E-state index contributed by atoms with van der Waals surface area (Å²) in [6.07, 6.45) is 69.4. The molecule has 0 radical (unpaired) electrons. The standard InChI is InChI=1S/C59H93NO7/c1-6-8-10-12-14-16-18-20-22-24-26-28-29-30-32-34-36-38-40-42-44-46-48-50-58(62)67-55(53-65-52-51-56(59(63)64)60(3,4)5)54-66-57(61)49-47-45-43-41-39-37-35-33-31-27-25-23-21-19-17-15-13-11-9-7-2/h8-11,14-17,20-23,26-28,30-32,35,37,41,43,55-56H,6-7,12-13,18-19,24-25,29,33-34,36,38-40,42,44-54H2,1-5H3/p+1/b10-8+,11-9+,16-14+,17-15+,22-20+,23-21+,28-26+,31-27+,32-30+,37-35+,43-41+. The number of carboxylic acids is 1. The minimum absolute atomic E-state index is 0.0284. The Balaban J connectivity index is 4.40. The van der Waals surface area contributed by atoms with E-state index in [2.05, 4.69) is 148 Å². The maximum absolute atomic E-state index is 12.8. The Bertz CT molecular complexity index is 1550. The van der Waals surface area contributed by atoms with Crippen LogP contribution in [0.3, 0.4) is 0 Å². The van der Waals surface area contributed by atoms with Crippen LogP contribution in [0.1, 0.15) is 168 Å². The fourth-order valence-electron chi connectivity index (χ4n) is 6.66. The third-order valence-corrected chi connectivity index (χ3v) is 10.5. The summed E-state index contributed by atoms with van der Waals surface area (Å²) in [5, 5.41) is 9.66. The molecule has 0 rings (SSSR count). The fourth-order valence-corrected chi connectivity index (χ4v) is 6.66. The predicted molar refractivity (Wildman–Crippen MR) is 284 cm³/mol. The van der Waals surface area contributed by atoms with Gasteiger partial charge in [0, 0.05) is 19.3 Å². The molecule has 2 unspecified atom stereocenters. The zero-order chi connectivity index (χ0) is 49.2. The smallest absolute Gasteiger partial charge is 0.362 e. The van der Waals surface area contributed by atoms with Crippen molar-refractivity contribution in [1.82, 2.24) is 0 Å². The van der Waals surface area contributed by atoms with Gasteiger partial charge in [-0.1, -0.05) is 180 Å². The van der Waals surface area contributed by atoms with E-state index in [1.807, 2.05) is 21.1 Å². The van der Waals surface area contributed by atoms with Crippen molar-refractivity contribution in [2.24, 2.45) is 0 Å². The minimum atomic E-state index is -0.890. The minimum Gasteiger partial charge on any atom is -0.477 e. The maximum atomic E-state index is 12.8. The van der Waals surface area contributed by atoms with Crippen molar-refractivity contribution in [3.8, 4) is 0 Å². The number of aliphatic carboxylic acids is 1. The molecule has 0 aliphatic rings. The molecule has 67 heavy (non-hydrogen) atoms. The van der Waals surface area contributed by atoms with Crippen molar-refractivity contribution in [2.45, 2.75) is 180 Å². The monoisotopic (exact) mass is 929 g/mol. The van der Waals surface area contributed by atoms with Gasteiger partial charge in [0.25, 0.3) is 0 Å². The molecule has 0 saturated carbocycles. The number of carboxylic acid groups (broad SMARTS) is 1. The topological polar surface area (TPSA) is 99.1 Å². The fraction of sp³-hybridized carbons (Fsp3) is 0.576. The van der Waals surface area contributed by atoms with Gasteiger partial charge >= 0.3 is 17.9 Å². The van der Waals surface area contributed by atoms with E-state index in [1.165, 1.54) is 19.3 Å². The first-order chi connectivity index (χ1) is 32.6. The largest absolute Gasteiger partial charge is 0.477 e. The zero-order valence-corrected chi connectivity index (χ0v) is 42.8. The van der Waals surface area contributed by atoms with Crippen LogP contribution in [-0.2, 0) is 28.6 Å². The average Bonchev–Trinajstić information content (AvgIpc) is 3.29. The number of ether oxygens (including phenoxy) is 3. The Morgan fingerprint density at radius 3 is 1.21 bits per heavy atom. The van der Waals surface area contributed by atoms with Gasteiger partial charge in [-0.3, -0.25) is 9.59 Å². The molecule has 0 bridgehead atoms. The summed E-state index contributed by atoms with van der Waals surface area (Å²) in [5.74, 6) is -1.58. The summed E-state index contributed by atoms with van der Waals surface area (Å²) in [6, 6.07) is -0.635. The number of unbranched alkanes of at least 4 members (excludes halogenated alkanes) is 8. The molecule has 8 heteroatoms. The molecule has 0 aliphatic carbocycles. The van der Waals surface area contributed by atoms with Gasteiger partial charge in [-0.15, -0.1) is 0 Å². The third-order valence-electron chi connectivity index (χ3n) is 10.5. The van der Waals surface area contributed by atoms with E-state index in [4.69, 9.17) is 14.2 Å². The highest BCUT2D eigenvalue weighted by Crippen LogP contribution is 2.13. The Kier molecular flexibility index (Phi) is 44.7. The van der Waals surface area contributed by atoms with Crippen LogP contribution in [0.2, 0.25) is 0 Å². The van der Waals surface area contributed by atoms with E-state index in [1.54, 1.807) is 0 Å². The molecule has 0 amide bonds. The number of likely N-dealkylation sites (N-methyl/N-ethyl adjacent to an activating group) is 1. The van der Waals surface area contributed by atoms with Gasteiger partial charge < -0.3 is 23.8 Å². The molecular weight excluding hydrogens is 835 g/mol. The van der Waals surface area contributed by atoms with Gasteiger partial charge in [-0.25, -0.2) is 4.79 Å². The van der Waals surface area contributed by atoms with Gasteiger partial charge in [0.1, 0.15) is 6.61 Å². The van der Waals surface area contributed by atoms with Crippen molar-refractivity contribution >= 4 is 17.9 Å². The second-order valence-corrected chi connectivity index (χ2v) is 17.7. The van der Waals surface area contributed by atoms with Crippen molar-refractivity contribution in [3.63, 3.8) is 0 Å². The van der Waals surface area contributed by atoms with Crippen LogP contribution >= 0.6 is 0 Å². The molecule has 0 aromatic rings. The average molecular weight is 929 g/mol. The number of rotatable bonds is 44. The molecule has 8 nitrogen and oxygen atoms in total. The Hall–Kier alpha value is -4.53. The summed E-state index contributed by atoms with van der Waals surface area (Å²) in [7, 11) is 5.50. The Morgan fingerprint density at radius 2 is 0.806 bits per heavy atom. The van der Waals surface area contributed by atoms with Gasteiger partial charge in [-0.2, -0.15) is 0 Å². The van der Waals surface area contributed by atoms with Crippen molar-refractivity contribution in [3.05, 3.63) is 134 Å². The highest BCUT2D eigenvalue weighted by molar-refractivity contribution is 5.72. The van der Waals surface area contributed by atoms with Crippen LogP contribution in [0, 0.1) is 0 Å². The molecule has 0 aromatic heterocycles. The summed E-state index contributed by atoms with van der Waals surface area (Å²) in [6.45, 7) is 4.42. The summed E-state index contributed by atoms with van der Waals surface area (Å²) >= 11 is 0. The van der Waals surface area contributed by atoms with E-state index in [0.717, 1.165) is 109 Å². The number of allylic oxidation sites excluding steroid dienone is 22. The van der Waals surface area contributed by atoms with Crippen molar-refractivity contribution < 1.29 is 38.2 Å². The lowest BCUT2D eigenvalue weighted by atomic mass is 10.1. The number of quaternary nitrogens is 1. The molecule has 1 N–H and O–H groups in total. The Morgan fingerprint density at radius 1 is 0.448 bits per heavy atom. The second-order valence-electron chi connectivity index (χ2n) is 17.7. The normalized spacial score (nSPS) is 14.0. The highest BCUT2D eigenvalue weighted by Gasteiger charge is 2.31. The molecule has 0 fully saturated rings. The van der Waals surface area contributed by atoms with Crippen molar-refractivity contribution in [2.75, 3.05) is 41.0 Å². The van der Waals surface area contributed by atoms with E-state index in [9.17, 15) is 19.5 Å². The van der Waals surface area contributed by atoms with Gasteiger partial charge in [0.2, 0.25) is 0 Å². The predicted octanol–water partition coefficient (Wildman–Crippen LogP) is 15.1. The van der Waals surface area contributed by atoms with E-state index in [0.29, 0.717) is 19.3 Å². The summed E-state index contributed by atoms with van der Waals surface area (Å²) in [4.78, 5) is 37.2. The van der Waals surface area contributed by atoms with Gasteiger partial charge in [-0.05, 0) is 103 Å². The number of nitrogens with zero attached hydrogens (tertiary/aromatic N) is 1. The Labute approximate surface area is 409 Å². The molecule has 2 atom stereocenters. The van der Waals surface area contributed by atoms with Crippen LogP contribution in [0.4, 0.5) is 0 Å². The van der Waals surface area contributed by atoms with E-state index < -0.39 is 18.1 Å². The van der Waals surface area contributed by atoms with Crippen LogP contribution in [0.15, 0.2) is 134 Å². The first kappa shape index (κ1) is 62.5. The summed E-state index contributed by atoms with van der Waals surface area (Å²) in [5.41, 5.74) is 0. The van der Waals surface area contributed by atoms with Crippen molar-refractivity contribution in [1.29, 1.82) is 0 Å². The lowest BCUT2D eigenvalue weighted by molar-refractivity contribution is -0.887. The first-order valence-corrected chi connectivity index (χ1v) is 25.7. The summed E-state index contributed by atoms with van der Waals surface area (Å²) < 4.78 is 17.3. The molecule has 0 aliphatic heterocycles.